The van der Waals surface area contributed by atoms with Crippen LogP contribution in [0.5, 0.6) is 0 Å². The lowest BCUT2D eigenvalue weighted by molar-refractivity contribution is -0.139. The van der Waals surface area contributed by atoms with Crippen LogP contribution in [0.2, 0.25) is 0 Å². The second-order valence-electron chi connectivity index (χ2n) is 9.05. The maximum atomic E-state index is 12.2. The van der Waals surface area contributed by atoms with E-state index in [-0.39, 0.29) is 12.0 Å². The minimum Gasteiger partial charge on any atom is -0.456 e. The minimum absolute atomic E-state index is 0.000103. The van der Waals surface area contributed by atoms with Gasteiger partial charge in [-0.1, -0.05) is 59.1 Å². The molecular weight excluding hydrogens is 330 g/mol. The number of rotatable bonds is 6. The van der Waals surface area contributed by atoms with Gasteiger partial charge >= 0.3 is 12.1 Å². The predicted octanol–water partition coefficient (Wildman–Crippen LogP) is 5.12. The third kappa shape index (κ3) is 8.54. The minimum atomic E-state index is -0.585. The fourth-order valence-electron chi connectivity index (χ4n) is 2.67. The second-order valence-corrected chi connectivity index (χ2v) is 9.05. The van der Waals surface area contributed by atoms with Crippen molar-refractivity contribution in [1.29, 1.82) is 0 Å². The zero-order chi connectivity index (χ0) is 20.0. The van der Waals surface area contributed by atoms with E-state index in [1.165, 1.54) is 25.7 Å². The standard InChI is InChI=1S/C21H35NO4/c1-15(20(2,3)4)18(23)25-14-17(13-12-16-10-8-9-11-16)22-19(24)26-21(5,6)7/h13,16H,1,8-12,14H2,2-7H3,(H,22,24)/b17-13-. The highest BCUT2D eigenvalue weighted by Crippen LogP contribution is 2.28. The number of nitrogens with one attached hydrogen (secondary N) is 1. The van der Waals surface area contributed by atoms with Crippen molar-refractivity contribution in [1.82, 2.24) is 5.32 Å². The molecule has 0 aromatic carbocycles. The van der Waals surface area contributed by atoms with Crippen molar-refractivity contribution in [3.8, 4) is 0 Å². The largest absolute Gasteiger partial charge is 0.456 e. The number of esters is 1. The lowest BCUT2D eigenvalue weighted by Crippen LogP contribution is -2.33. The second kappa shape index (κ2) is 9.24. The maximum absolute atomic E-state index is 12.2. The summed E-state index contributed by atoms with van der Waals surface area (Å²) in [7, 11) is 0. The van der Waals surface area contributed by atoms with Gasteiger partial charge in [0.1, 0.15) is 12.2 Å². The van der Waals surface area contributed by atoms with Gasteiger partial charge in [-0.25, -0.2) is 9.59 Å². The summed E-state index contributed by atoms with van der Waals surface area (Å²) in [5.41, 5.74) is 0.0208. The van der Waals surface area contributed by atoms with Gasteiger partial charge in [0.05, 0.1) is 5.70 Å². The number of alkyl carbamates (subject to hydrolysis) is 1. The molecule has 5 nitrogen and oxygen atoms in total. The van der Waals surface area contributed by atoms with Crippen LogP contribution in [0.3, 0.4) is 0 Å². The maximum Gasteiger partial charge on any atom is 0.411 e. The smallest absolute Gasteiger partial charge is 0.411 e. The van der Waals surface area contributed by atoms with Crippen LogP contribution in [0.25, 0.3) is 0 Å². The van der Waals surface area contributed by atoms with Crippen LogP contribution >= 0.6 is 0 Å². The highest BCUT2D eigenvalue weighted by atomic mass is 16.6. The monoisotopic (exact) mass is 365 g/mol. The highest BCUT2D eigenvalue weighted by molar-refractivity contribution is 5.89. The number of hydrogen-bond acceptors (Lipinski definition) is 4. The van der Waals surface area contributed by atoms with Crippen molar-refractivity contribution >= 4 is 12.1 Å². The number of carbonyl (C=O) groups is 2. The van der Waals surface area contributed by atoms with Gasteiger partial charge in [-0.15, -0.1) is 0 Å². The fraction of sp³-hybridized carbons (Fsp3) is 0.714. The van der Waals surface area contributed by atoms with Crippen molar-refractivity contribution in [3.63, 3.8) is 0 Å². The summed E-state index contributed by atoms with van der Waals surface area (Å²) >= 11 is 0. The van der Waals surface area contributed by atoms with Gasteiger partial charge < -0.3 is 9.47 Å². The molecule has 0 spiro atoms. The number of amides is 1. The van der Waals surface area contributed by atoms with Crippen LogP contribution in [0.15, 0.2) is 23.9 Å². The average molecular weight is 366 g/mol. The van der Waals surface area contributed by atoms with E-state index in [1.807, 2.05) is 47.6 Å². The van der Waals surface area contributed by atoms with E-state index >= 15 is 0 Å². The molecule has 0 aromatic heterocycles. The van der Waals surface area contributed by atoms with Gasteiger partial charge in [0.2, 0.25) is 0 Å². The van der Waals surface area contributed by atoms with Crippen molar-refractivity contribution in [2.75, 3.05) is 6.61 Å². The third-order valence-corrected chi connectivity index (χ3v) is 4.34. The average Bonchev–Trinajstić information content (AvgIpc) is 2.99. The molecule has 1 amide bonds. The Morgan fingerprint density at radius 1 is 1.12 bits per heavy atom. The van der Waals surface area contributed by atoms with Crippen LogP contribution in [-0.2, 0) is 14.3 Å². The number of ether oxygens (including phenoxy) is 2. The Morgan fingerprint density at radius 2 is 1.69 bits per heavy atom. The predicted molar refractivity (Wildman–Crippen MR) is 104 cm³/mol. The Hall–Kier alpha value is -1.78. The van der Waals surface area contributed by atoms with Gasteiger partial charge in [-0.2, -0.15) is 0 Å². The van der Waals surface area contributed by atoms with E-state index in [2.05, 4.69) is 11.9 Å². The molecule has 0 unspecified atom stereocenters. The fourth-order valence-corrected chi connectivity index (χ4v) is 2.67. The first-order chi connectivity index (χ1) is 11.9. The van der Waals surface area contributed by atoms with E-state index in [0.29, 0.717) is 17.2 Å². The molecule has 0 aromatic rings. The lowest BCUT2D eigenvalue weighted by Gasteiger charge is -2.22. The molecule has 5 heteroatoms. The molecule has 1 aliphatic rings. The molecule has 1 aliphatic carbocycles. The molecule has 0 bridgehead atoms. The SMILES string of the molecule is C=C(C(=O)OC/C(=C/CC1CCCC1)NC(=O)OC(C)(C)C)C(C)(C)C. The first kappa shape index (κ1) is 22.3. The Kier molecular flexibility index (Phi) is 7.91. The Morgan fingerprint density at radius 3 is 2.19 bits per heavy atom. The van der Waals surface area contributed by atoms with Gasteiger partial charge in [0, 0.05) is 5.57 Å². The topological polar surface area (TPSA) is 64.6 Å². The Balaban J connectivity index is 2.70. The molecule has 0 heterocycles. The van der Waals surface area contributed by atoms with Crippen molar-refractivity contribution in [3.05, 3.63) is 23.9 Å². The molecular formula is C21H35NO4. The van der Waals surface area contributed by atoms with E-state index < -0.39 is 17.7 Å². The van der Waals surface area contributed by atoms with E-state index in [1.54, 1.807) is 0 Å². The normalized spacial score (nSPS) is 16.3. The summed E-state index contributed by atoms with van der Waals surface area (Å²) in [5, 5.41) is 2.72. The van der Waals surface area contributed by atoms with E-state index in [4.69, 9.17) is 9.47 Å². The zero-order valence-electron chi connectivity index (χ0n) is 17.2. The highest BCUT2D eigenvalue weighted by Gasteiger charge is 2.24. The molecule has 1 rings (SSSR count). The van der Waals surface area contributed by atoms with E-state index in [0.717, 1.165) is 6.42 Å². The number of carbonyl (C=O) groups excluding carboxylic acids is 2. The summed E-state index contributed by atoms with van der Waals surface area (Å²) in [6.07, 6.45) is 7.20. The molecule has 0 radical (unpaired) electrons. The number of allylic oxidation sites excluding steroid dienone is 1. The molecule has 1 saturated carbocycles. The van der Waals surface area contributed by atoms with E-state index in [9.17, 15) is 9.59 Å². The molecule has 26 heavy (non-hydrogen) atoms. The first-order valence-electron chi connectivity index (χ1n) is 9.44. The summed E-state index contributed by atoms with van der Waals surface area (Å²) in [6.45, 7) is 15.0. The van der Waals surface area contributed by atoms with Gasteiger partial charge in [-0.3, -0.25) is 5.32 Å². The summed E-state index contributed by atoms with van der Waals surface area (Å²) in [6, 6.07) is 0. The van der Waals surface area contributed by atoms with Crippen molar-refractivity contribution in [2.24, 2.45) is 11.3 Å². The quantitative estimate of drug-likeness (QED) is 0.524. The van der Waals surface area contributed by atoms with Gasteiger partial charge in [0.15, 0.2) is 0 Å². The van der Waals surface area contributed by atoms with Gasteiger partial charge in [-0.05, 0) is 38.5 Å². The summed E-state index contributed by atoms with van der Waals surface area (Å²) in [4.78, 5) is 24.2. The molecule has 148 valence electrons. The summed E-state index contributed by atoms with van der Waals surface area (Å²) in [5.74, 6) is 0.181. The third-order valence-electron chi connectivity index (χ3n) is 4.34. The number of hydrogen-bond donors (Lipinski definition) is 1. The van der Waals surface area contributed by atoms with Crippen LogP contribution in [0, 0.1) is 11.3 Å². The van der Waals surface area contributed by atoms with Crippen molar-refractivity contribution in [2.45, 2.75) is 79.2 Å². The Bertz CT molecular complexity index is 543. The first-order valence-corrected chi connectivity index (χ1v) is 9.44. The van der Waals surface area contributed by atoms with Gasteiger partial charge in [0.25, 0.3) is 0 Å². The molecule has 1 N–H and O–H groups in total. The van der Waals surface area contributed by atoms with Crippen LogP contribution in [0.4, 0.5) is 4.79 Å². The molecule has 1 fully saturated rings. The lowest BCUT2D eigenvalue weighted by atomic mass is 9.88. The zero-order valence-corrected chi connectivity index (χ0v) is 17.2. The molecule has 0 atom stereocenters. The van der Waals surface area contributed by atoms with Crippen molar-refractivity contribution < 1.29 is 19.1 Å². The molecule has 0 aliphatic heterocycles. The van der Waals surface area contributed by atoms with Crippen LogP contribution in [0.1, 0.15) is 73.6 Å². The Labute approximate surface area is 158 Å². The summed E-state index contributed by atoms with van der Waals surface area (Å²) < 4.78 is 10.7. The van der Waals surface area contributed by atoms with Crippen LogP contribution < -0.4 is 5.32 Å². The molecule has 0 saturated heterocycles. The van der Waals surface area contributed by atoms with Crippen LogP contribution in [-0.4, -0.2) is 24.3 Å².